The Labute approximate surface area is 194 Å². The lowest BCUT2D eigenvalue weighted by molar-refractivity contribution is -0.134. The van der Waals surface area contributed by atoms with E-state index in [-0.39, 0.29) is 16.6 Å². The summed E-state index contributed by atoms with van der Waals surface area (Å²) < 4.78 is 7.40. The van der Waals surface area contributed by atoms with Crippen LogP contribution in [-0.2, 0) is 22.0 Å². The highest BCUT2D eigenvalue weighted by atomic mass is 32.2. The molecule has 1 saturated heterocycles. The van der Waals surface area contributed by atoms with E-state index in [4.69, 9.17) is 4.74 Å². The average molecular weight is 451 g/mol. The van der Waals surface area contributed by atoms with E-state index in [1.807, 2.05) is 46.8 Å². The standard InChI is InChI=1S/C25H30N4O2S/c1-25(2,3)20-12-10-19(11-13-20)22-26-27-24(28(22)4)32-21(18-8-6-5-7-9-18)23(30)29-14-16-31-17-15-29/h5-13,21H,14-17H2,1-4H3. The first-order chi connectivity index (χ1) is 15.3. The molecule has 2 heterocycles. The highest BCUT2D eigenvalue weighted by Gasteiger charge is 2.30. The third-order valence-electron chi connectivity index (χ3n) is 5.72. The molecule has 0 spiro atoms. The molecule has 1 amide bonds. The zero-order chi connectivity index (χ0) is 22.7. The topological polar surface area (TPSA) is 60.2 Å². The van der Waals surface area contributed by atoms with Crippen LogP contribution in [0, 0.1) is 0 Å². The van der Waals surface area contributed by atoms with E-state index in [0.29, 0.717) is 26.3 Å². The minimum atomic E-state index is -0.381. The predicted octanol–water partition coefficient (Wildman–Crippen LogP) is 4.47. The fourth-order valence-electron chi connectivity index (χ4n) is 3.73. The number of carbonyl (C=O) groups is 1. The number of rotatable bonds is 5. The molecule has 3 aromatic rings. The molecule has 1 unspecified atom stereocenters. The van der Waals surface area contributed by atoms with Crippen LogP contribution in [0.25, 0.3) is 11.4 Å². The first-order valence-electron chi connectivity index (χ1n) is 10.9. The Hall–Kier alpha value is -2.64. The molecule has 0 saturated carbocycles. The Morgan fingerprint density at radius 1 is 1.00 bits per heavy atom. The van der Waals surface area contributed by atoms with Crippen molar-refractivity contribution in [3.63, 3.8) is 0 Å². The number of hydrogen-bond acceptors (Lipinski definition) is 5. The Bertz CT molecular complexity index is 1050. The summed E-state index contributed by atoms with van der Waals surface area (Å²) in [6, 6.07) is 18.4. The molecule has 1 aromatic heterocycles. The van der Waals surface area contributed by atoms with E-state index >= 15 is 0 Å². The van der Waals surface area contributed by atoms with Crippen molar-refractivity contribution in [2.75, 3.05) is 26.3 Å². The molecule has 6 nitrogen and oxygen atoms in total. The monoisotopic (exact) mass is 450 g/mol. The number of aromatic nitrogens is 3. The lowest BCUT2D eigenvalue weighted by atomic mass is 9.87. The molecule has 1 aliphatic rings. The molecule has 2 aromatic carbocycles. The van der Waals surface area contributed by atoms with Crippen molar-refractivity contribution in [3.05, 3.63) is 65.7 Å². The predicted molar refractivity (Wildman–Crippen MR) is 128 cm³/mol. The maximum Gasteiger partial charge on any atom is 0.240 e. The van der Waals surface area contributed by atoms with Gasteiger partial charge in [0.1, 0.15) is 5.25 Å². The van der Waals surface area contributed by atoms with Crippen LogP contribution in [-0.4, -0.2) is 51.9 Å². The number of carbonyl (C=O) groups excluding carboxylic acids is 1. The molecule has 0 aliphatic carbocycles. The summed E-state index contributed by atoms with van der Waals surface area (Å²) >= 11 is 1.45. The number of morpholine rings is 1. The summed E-state index contributed by atoms with van der Waals surface area (Å²) in [7, 11) is 1.95. The van der Waals surface area contributed by atoms with E-state index in [0.717, 1.165) is 22.1 Å². The quantitative estimate of drug-likeness (QED) is 0.537. The lowest BCUT2D eigenvalue weighted by Crippen LogP contribution is -2.42. The molecule has 7 heteroatoms. The zero-order valence-electron chi connectivity index (χ0n) is 19.1. The van der Waals surface area contributed by atoms with Gasteiger partial charge in [0.15, 0.2) is 11.0 Å². The highest BCUT2D eigenvalue weighted by molar-refractivity contribution is 8.00. The van der Waals surface area contributed by atoms with E-state index in [9.17, 15) is 4.79 Å². The van der Waals surface area contributed by atoms with E-state index < -0.39 is 0 Å². The molecule has 1 fully saturated rings. The van der Waals surface area contributed by atoms with Gasteiger partial charge in [-0.15, -0.1) is 10.2 Å². The van der Waals surface area contributed by atoms with Gasteiger partial charge in [-0.2, -0.15) is 0 Å². The number of nitrogens with zero attached hydrogens (tertiary/aromatic N) is 4. The maximum atomic E-state index is 13.4. The molecular formula is C25H30N4O2S. The molecule has 168 valence electrons. The second kappa shape index (κ2) is 9.46. The average Bonchev–Trinajstić information content (AvgIpc) is 3.17. The molecule has 0 bridgehead atoms. The molecule has 1 aliphatic heterocycles. The van der Waals surface area contributed by atoms with Gasteiger partial charge in [0.05, 0.1) is 13.2 Å². The third-order valence-corrected chi connectivity index (χ3v) is 6.99. The van der Waals surface area contributed by atoms with Crippen LogP contribution in [0.2, 0.25) is 0 Å². The van der Waals surface area contributed by atoms with Crippen LogP contribution >= 0.6 is 11.8 Å². The highest BCUT2D eigenvalue weighted by Crippen LogP contribution is 2.37. The fourth-order valence-corrected chi connectivity index (χ4v) is 4.82. The first kappa shape index (κ1) is 22.6. The minimum Gasteiger partial charge on any atom is -0.378 e. The largest absolute Gasteiger partial charge is 0.378 e. The zero-order valence-corrected chi connectivity index (χ0v) is 19.9. The van der Waals surface area contributed by atoms with Crippen molar-refractivity contribution in [2.45, 2.75) is 36.6 Å². The van der Waals surface area contributed by atoms with Gasteiger partial charge in [0, 0.05) is 25.7 Å². The lowest BCUT2D eigenvalue weighted by Gasteiger charge is -2.30. The van der Waals surface area contributed by atoms with Crippen LogP contribution in [0.1, 0.15) is 37.1 Å². The fraction of sp³-hybridized carbons (Fsp3) is 0.400. The van der Waals surface area contributed by atoms with Crippen LogP contribution < -0.4 is 0 Å². The first-order valence-corrected chi connectivity index (χ1v) is 11.8. The molecule has 0 N–H and O–H groups in total. The van der Waals surface area contributed by atoms with Gasteiger partial charge in [0.2, 0.25) is 5.91 Å². The van der Waals surface area contributed by atoms with Crippen molar-refractivity contribution >= 4 is 17.7 Å². The SMILES string of the molecule is Cn1c(SC(C(=O)N2CCOCC2)c2ccccc2)nnc1-c1ccc(C(C)(C)C)cc1. The third kappa shape index (κ3) is 4.89. The van der Waals surface area contributed by atoms with Gasteiger partial charge in [-0.05, 0) is 16.5 Å². The summed E-state index contributed by atoms with van der Waals surface area (Å²) in [6.45, 7) is 9.00. The van der Waals surface area contributed by atoms with Crippen LogP contribution in [0.3, 0.4) is 0 Å². The number of amides is 1. The summed E-state index contributed by atoms with van der Waals surface area (Å²) in [5.74, 6) is 0.877. The second-order valence-corrected chi connectivity index (χ2v) is 10.1. The number of thioether (sulfide) groups is 1. The summed E-state index contributed by atoms with van der Waals surface area (Å²) in [4.78, 5) is 15.3. The van der Waals surface area contributed by atoms with E-state index in [2.05, 4.69) is 55.2 Å². The second-order valence-electron chi connectivity index (χ2n) is 9.04. The van der Waals surface area contributed by atoms with E-state index in [1.54, 1.807) is 0 Å². The number of hydrogen-bond donors (Lipinski definition) is 0. The number of benzene rings is 2. The van der Waals surface area contributed by atoms with Gasteiger partial charge >= 0.3 is 0 Å². The Morgan fingerprint density at radius 2 is 1.66 bits per heavy atom. The van der Waals surface area contributed by atoms with E-state index in [1.165, 1.54) is 17.3 Å². The van der Waals surface area contributed by atoms with Crippen LogP contribution in [0.15, 0.2) is 59.8 Å². The smallest absolute Gasteiger partial charge is 0.240 e. The van der Waals surface area contributed by atoms with Crippen LogP contribution in [0.5, 0.6) is 0 Å². The van der Waals surface area contributed by atoms with Gasteiger partial charge in [-0.1, -0.05) is 87.1 Å². The van der Waals surface area contributed by atoms with Crippen LogP contribution in [0.4, 0.5) is 0 Å². The molecule has 4 rings (SSSR count). The Balaban J connectivity index is 1.60. The molecule has 0 radical (unpaired) electrons. The molecule has 32 heavy (non-hydrogen) atoms. The summed E-state index contributed by atoms with van der Waals surface area (Å²) in [6.07, 6.45) is 0. The molecule has 1 atom stereocenters. The van der Waals surface area contributed by atoms with Crippen molar-refractivity contribution in [1.29, 1.82) is 0 Å². The van der Waals surface area contributed by atoms with Crippen molar-refractivity contribution in [3.8, 4) is 11.4 Å². The van der Waals surface area contributed by atoms with Gasteiger partial charge < -0.3 is 14.2 Å². The van der Waals surface area contributed by atoms with Gasteiger partial charge in [-0.25, -0.2) is 0 Å². The minimum absolute atomic E-state index is 0.0866. The summed E-state index contributed by atoms with van der Waals surface area (Å²) in [5, 5.41) is 9.22. The Kier molecular flexibility index (Phi) is 6.67. The van der Waals surface area contributed by atoms with Crippen molar-refractivity contribution in [1.82, 2.24) is 19.7 Å². The maximum absolute atomic E-state index is 13.4. The Morgan fingerprint density at radius 3 is 2.28 bits per heavy atom. The number of ether oxygens (including phenoxy) is 1. The van der Waals surface area contributed by atoms with Crippen molar-refractivity contribution < 1.29 is 9.53 Å². The van der Waals surface area contributed by atoms with Crippen molar-refractivity contribution in [2.24, 2.45) is 7.05 Å². The molecular weight excluding hydrogens is 420 g/mol. The van der Waals surface area contributed by atoms with Gasteiger partial charge in [0.25, 0.3) is 0 Å². The normalized spacial score (nSPS) is 15.6. The van der Waals surface area contributed by atoms with Gasteiger partial charge in [-0.3, -0.25) is 4.79 Å². The summed E-state index contributed by atoms with van der Waals surface area (Å²) in [5.41, 5.74) is 3.35.